The van der Waals surface area contributed by atoms with Gasteiger partial charge in [0, 0.05) is 19.6 Å². The standard InChI is InChI=1S/C21H35N3O.2ClH/c1-4-21(5-2,16-22)20(25)23-14-18-6-8-19(9-7-18)15-24-12-10-17(3)11-13-24;;/h6-9,17H,4-5,10-16,22H2,1-3H3,(H,23,25);2*1H. The van der Waals surface area contributed by atoms with Crippen LogP contribution in [0.1, 0.15) is 57.6 Å². The van der Waals surface area contributed by atoms with Crippen molar-refractivity contribution in [2.45, 2.75) is 59.5 Å². The van der Waals surface area contributed by atoms with Crippen molar-refractivity contribution in [1.29, 1.82) is 0 Å². The van der Waals surface area contributed by atoms with Gasteiger partial charge in [0.1, 0.15) is 0 Å². The Hall–Kier alpha value is -0.810. The van der Waals surface area contributed by atoms with Gasteiger partial charge in [-0.05, 0) is 55.8 Å². The molecule has 156 valence electrons. The Kier molecular flexibility index (Phi) is 12.2. The SMILES string of the molecule is CCC(CC)(CN)C(=O)NCc1ccc(CN2CCC(C)CC2)cc1.Cl.Cl. The minimum Gasteiger partial charge on any atom is -0.352 e. The van der Waals surface area contributed by atoms with Crippen molar-refractivity contribution in [3.05, 3.63) is 35.4 Å². The molecule has 1 aromatic rings. The normalized spacial score (nSPS) is 15.6. The zero-order chi connectivity index (χ0) is 18.3. The first kappa shape index (κ1) is 26.2. The molecule has 0 aromatic heterocycles. The van der Waals surface area contributed by atoms with Gasteiger partial charge in [-0.25, -0.2) is 0 Å². The number of carbonyl (C=O) groups is 1. The number of likely N-dealkylation sites (tertiary alicyclic amines) is 1. The Balaban J connectivity index is 0.00000338. The van der Waals surface area contributed by atoms with E-state index in [-0.39, 0.29) is 30.7 Å². The first-order valence-electron chi connectivity index (χ1n) is 9.81. The summed E-state index contributed by atoms with van der Waals surface area (Å²) in [5, 5.41) is 3.07. The summed E-state index contributed by atoms with van der Waals surface area (Å²) in [5.74, 6) is 0.945. The van der Waals surface area contributed by atoms with Gasteiger partial charge in [-0.2, -0.15) is 0 Å². The van der Waals surface area contributed by atoms with Crippen LogP contribution < -0.4 is 11.1 Å². The van der Waals surface area contributed by atoms with Gasteiger partial charge in [0.05, 0.1) is 5.41 Å². The summed E-state index contributed by atoms with van der Waals surface area (Å²) < 4.78 is 0. The van der Waals surface area contributed by atoms with E-state index in [1.54, 1.807) is 0 Å². The van der Waals surface area contributed by atoms with Gasteiger partial charge < -0.3 is 11.1 Å². The molecule has 6 heteroatoms. The predicted molar refractivity (Wildman–Crippen MR) is 119 cm³/mol. The quantitative estimate of drug-likeness (QED) is 0.667. The molecule has 4 nitrogen and oxygen atoms in total. The first-order valence-corrected chi connectivity index (χ1v) is 9.81. The van der Waals surface area contributed by atoms with Gasteiger partial charge >= 0.3 is 0 Å². The number of halogens is 2. The van der Waals surface area contributed by atoms with Gasteiger partial charge in [0.25, 0.3) is 0 Å². The van der Waals surface area contributed by atoms with Crippen LogP contribution in [-0.4, -0.2) is 30.4 Å². The maximum atomic E-state index is 12.5. The third-order valence-corrected chi connectivity index (χ3v) is 5.98. The summed E-state index contributed by atoms with van der Waals surface area (Å²) in [6.45, 7) is 10.8. The van der Waals surface area contributed by atoms with Gasteiger partial charge in [-0.1, -0.05) is 45.0 Å². The topological polar surface area (TPSA) is 58.4 Å². The highest BCUT2D eigenvalue weighted by molar-refractivity contribution is 5.85. The molecule has 0 unspecified atom stereocenters. The average Bonchev–Trinajstić information content (AvgIpc) is 2.65. The Morgan fingerprint density at radius 3 is 2.11 bits per heavy atom. The van der Waals surface area contributed by atoms with Crippen molar-refractivity contribution in [3.8, 4) is 0 Å². The smallest absolute Gasteiger partial charge is 0.227 e. The van der Waals surface area contributed by atoms with E-state index in [0.29, 0.717) is 13.1 Å². The molecule has 1 saturated heterocycles. The third kappa shape index (κ3) is 7.26. The molecule has 0 bridgehead atoms. The lowest BCUT2D eigenvalue weighted by molar-refractivity contribution is -0.131. The molecule has 1 heterocycles. The molecule has 1 amide bonds. The maximum absolute atomic E-state index is 12.5. The van der Waals surface area contributed by atoms with E-state index in [1.807, 2.05) is 13.8 Å². The summed E-state index contributed by atoms with van der Waals surface area (Å²) in [6, 6.07) is 8.64. The highest BCUT2D eigenvalue weighted by Gasteiger charge is 2.32. The Bertz CT molecular complexity index is 531. The fourth-order valence-electron chi connectivity index (χ4n) is 3.56. The molecule has 0 aliphatic carbocycles. The summed E-state index contributed by atoms with van der Waals surface area (Å²) in [7, 11) is 0. The van der Waals surface area contributed by atoms with Crippen LogP contribution in [0.2, 0.25) is 0 Å². The van der Waals surface area contributed by atoms with Crippen LogP contribution in [0.3, 0.4) is 0 Å². The maximum Gasteiger partial charge on any atom is 0.227 e. The molecule has 3 N–H and O–H groups in total. The van der Waals surface area contributed by atoms with Gasteiger partial charge in [0.15, 0.2) is 0 Å². The summed E-state index contributed by atoms with van der Waals surface area (Å²) >= 11 is 0. The zero-order valence-corrected chi connectivity index (χ0v) is 18.6. The highest BCUT2D eigenvalue weighted by Crippen LogP contribution is 2.25. The molecule has 1 fully saturated rings. The van der Waals surface area contributed by atoms with E-state index in [2.05, 4.69) is 41.4 Å². The second-order valence-corrected chi connectivity index (χ2v) is 7.65. The summed E-state index contributed by atoms with van der Waals surface area (Å²) in [5.41, 5.74) is 7.92. The van der Waals surface area contributed by atoms with Crippen molar-refractivity contribution in [3.63, 3.8) is 0 Å². The lowest BCUT2D eigenvalue weighted by Crippen LogP contribution is -2.45. The van der Waals surface area contributed by atoms with Gasteiger partial charge in [-0.3, -0.25) is 9.69 Å². The molecular formula is C21H37Cl2N3O. The van der Waals surface area contributed by atoms with Crippen molar-refractivity contribution in [2.75, 3.05) is 19.6 Å². The van der Waals surface area contributed by atoms with Gasteiger partial charge in [-0.15, -0.1) is 24.8 Å². The average molecular weight is 418 g/mol. The van der Waals surface area contributed by atoms with Crippen molar-refractivity contribution in [1.82, 2.24) is 10.2 Å². The molecule has 1 aromatic carbocycles. The van der Waals surface area contributed by atoms with Crippen molar-refractivity contribution < 1.29 is 4.79 Å². The van der Waals surface area contributed by atoms with E-state index in [0.717, 1.165) is 30.9 Å². The number of amides is 1. The Morgan fingerprint density at radius 1 is 1.11 bits per heavy atom. The number of hydrogen-bond acceptors (Lipinski definition) is 3. The van der Waals surface area contributed by atoms with E-state index in [9.17, 15) is 4.79 Å². The molecule has 2 rings (SSSR count). The fraction of sp³-hybridized carbons (Fsp3) is 0.667. The third-order valence-electron chi connectivity index (χ3n) is 5.98. The predicted octanol–water partition coefficient (Wildman–Crippen LogP) is 4.14. The lowest BCUT2D eigenvalue weighted by Gasteiger charge is -2.30. The second-order valence-electron chi connectivity index (χ2n) is 7.65. The minimum atomic E-state index is -0.425. The van der Waals surface area contributed by atoms with Crippen LogP contribution in [-0.2, 0) is 17.9 Å². The fourth-order valence-corrected chi connectivity index (χ4v) is 3.56. The van der Waals surface area contributed by atoms with E-state index in [4.69, 9.17) is 5.73 Å². The van der Waals surface area contributed by atoms with E-state index < -0.39 is 5.41 Å². The monoisotopic (exact) mass is 417 g/mol. The molecular weight excluding hydrogens is 381 g/mol. The second kappa shape index (κ2) is 12.6. The number of piperidine rings is 1. The number of carbonyl (C=O) groups excluding carboxylic acids is 1. The lowest BCUT2D eigenvalue weighted by atomic mass is 9.81. The minimum absolute atomic E-state index is 0. The molecule has 0 radical (unpaired) electrons. The van der Waals surface area contributed by atoms with Crippen LogP contribution in [0, 0.1) is 11.3 Å². The largest absolute Gasteiger partial charge is 0.352 e. The molecule has 0 atom stereocenters. The molecule has 1 aliphatic heterocycles. The first-order chi connectivity index (χ1) is 12.0. The molecule has 27 heavy (non-hydrogen) atoms. The number of nitrogens with zero attached hydrogens (tertiary/aromatic N) is 1. The van der Waals surface area contributed by atoms with Crippen LogP contribution in [0.25, 0.3) is 0 Å². The molecule has 0 saturated carbocycles. The molecule has 1 aliphatic rings. The van der Waals surface area contributed by atoms with Crippen LogP contribution in [0.4, 0.5) is 0 Å². The van der Waals surface area contributed by atoms with Gasteiger partial charge in [0.2, 0.25) is 5.91 Å². The number of rotatable bonds is 8. The highest BCUT2D eigenvalue weighted by atomic mass is 35.5. The number of benzene rings is 1. The summed E-state index contributed by atoms with van der Waals surface area (Å²) in [6.07, 6.45) is 4.17. The number of hydrogen-bond donors (Lipinski definition) is 2. The van der Waals surface area contributed by atoms with Crippen LogP contribution >= 0.6 is 24.8 Å². The van der Waals surface area contributed by atoms with E-state index in [1.165, 1.54) is 31.5 Å². The van der Waals surface area contributed by atoms with Crippen LogP contribution in [0.5, 0.6) is 0 Å². The van der Waals surface area contributed by atoms with E-state index >= 15 is 0 Å². The van der Waals surface area contributed by atoms with Crippen LogP contribution in [0.15, 0.2) is 24.3 Å². The number of nitrogens with one attached hydrogen (secondary N) is 1. The Labute approximate surface area is 177 Å². The van der Waals surface area contributed by atoms with Crippen molar-refractivity contribution in [2.24, 2.45) is 17.1 Å². The van der Waals surface area contributed by atoms with Crippen molar-refractivity contribution >= 4 is 30.7 Å². The number of nitrogens with two attached hydrogens (primary N) is 1. The Morgan fingerprint density at radius 2 is 1.63 bits per heavy atom. The molecule has 0 spiro atoms. The zero-order valence-electron chi connectivity index (χ0n) is 17.0. The summed E-state index contributed by atoms with van der Waals surface area (Å²) in [4.78, 5) is 15.0.